The molecule has 3 heterocycles. The minimum Gasteiger partial charge on any atom is -0.309 e. The van der Waals surface area contributed by atoms with Gasteiger partial charge in [-0.1, -0.05) is 196 Å². The van der Waals surface area contributed by atoms with Crippen LogP contribution in [0.3, 0.4) is 0 Å². The van der Waals surface area contributed by atoms with Crippen LogP contribution >= 0.6 is 0 Å². The molecule has 0 atom stereocenters. The van der Waals surface area contributed by atoms with Gasteiger partial charge in [-0.3, -0.25) is 0 Å². The van der Waals surface area contributed by atoms with Crippen molar-refractivity contribution >= 4 is 43.6 Å². The highest BCUT2D eigenvalue weighted by Gasteiger charge is 2.35. The van der Waals surface area contributed by atoms with Gasteiger partial charge in [0.1, 0.15) is 0 Å². The predicted octanol–water partition coefficient (Wildman–Crippen LogP) is 16.7. The summed E-state index contributed by atoms with van der Waals surface area (Å²) in [6, 6.07) is 84.9. The normalized spacial score (nSPS) is 12.8. The fourth-order valence-corrected chi connectivity index (χ4v) is 11.5. The van der Waals surface area contributed by atoms with E-state index in [1.54, 1.807) is 0 Å². The van der Waals surface area contributed by atoms with Gasteiger partial charge in [0.05, 0.1) is 27.8 Å². The van der Waals surface area contributed by atoms with E-state index in [2.05, 4.69) is 254 Å². The molecule has 0 unspecified atom stereocenters. The molecule has 1 aliphatic rings. The Labute approximate surface area is 411 Å². The Kier molecular flexibility index (Phi) is 9.17. The standard InChI is InChI=1S/C66H45N5/c1-66(2)54-29-13-9-23-47(54)53-41-45(39-40-55(53)66)64-67-63(44-37-35-43(36-38-44)42-19-5-3-6-20-42)68-65(69-64)52-26-12-16-32-58(52)71-57-31-15-11-25-51(57)62-49(28-18-34-60(62)71)48-27-17-33-59-61(48)50-24-10-14-30-56(50)70(59)46-21-7-4-8-22-46/h3-41H,1-2H3. The van der Waals surface area contributed by atoms with Crippen molar-refractivity contribution in [3.05, 3.63) is 248 Å². The quantitative estimate of drug-likeness (QED) is 0.160. The molecule has 0 fully saturated rings. The zero-order valence-corrected chi connectivity index (χ0v) is 39.3. The first-order valence-electron chi connectivity index (χ1n) is 24.4. The topological polar surface area (TPSA) is 48.5 Å². The van der Waals surface area contributed by atoms with E-state index < -0.39 is 0 Å². The lowest BCUT2D eigenvalue weighted by atomic mass is 9.82. The lowest BCUT2D eigenvalue weighted by molar-refractivity contribution is 0.660. The third-order valence-corrected chi connectivity index (χ3v) is 14.8. The number of nitrogens with zero attached hydrogens (tertiary/aromatic N) is 5. The summed E-state index contributed by atoms with van der Waals surface area (Å²) < 4.78 is 4.80. The predicted molar refractivity (Wildman–Crippen MR) is 293 cm³/mol. The van der Waals surface area contributed by atoms with Crippen LogP contribution in [0.4, 0.5) is 0 Å². The second kappa shape index (κ2) is 15.9. The molecule has 0 saturated carbocycles. The van der Waals surface area contributed by atoms with Gasteiger partial charge in [0, 0.05) is 49.3 Å². The van der Waals surface area contributed by atoms with E-state index in [0.717, 1.165) is 50.2 Å². The first-order chi connectivity index (χ1) is 35.0. The molecule has 0 bridgehead atoms. The molecule has 0 aliphatic heterocycles. The largest absolute Gasteiger partial charge is 0.309 e. The molecule has 5 nitrogen and oxygen atoms in total. The fraction of sp³-hybridized carbons (Fsp3) is 0.0455. The van der Waals surface area contributed by atoms with Gasteiger partial charge in [-0.15, -0.1) is 0 Å². The Morgan fingerprint density at radius 1 is 0.310 bits per heavy atom. The molecule has 0 spiro atoms. The van der Waals surface area contributed by atoms with Gasteiger partial charge in [0.2, 0.25) is 0 Å². The third-order valence-electron chi connectivity index (χ3n) is 14.8. The Morgan fingerprint density at radius 3 is 1.48 bits per heavy atom. The second-order valence-corrected chi connectivity index (χ2v) is 19.1. The zero-order valence-electron chi connectivity index (χ0n) is 39.3. The molecule has 0 saturated heterocycles. The van der Waals surface area contributed by atoms with Crippen molar-refractivity contribution in [1.29, 1.82) is 0 Å². The van der Waals surface area contributed by atoms with Gasteiger partial charge in [0.25, 0.3) is 0 Å². The van der Waals surface area contributed by atoms with Crippen molar-refractivity contribution in [2.24, 2.45) is 0 Å². The number of benzene rings is 10. The monoisotopic (exact) mass is 907 g/mol. The molecule has 13 aromatic rings. The zero-order chi connectivity index (χ0) is 47.2. The summed E-state index contributed by atoms with van der Waals surface area (Å²) in [5.41, 5.74) is 19.2. The smallest absolute Gasteiger partial charge is 0.166 e. The van der Waals surface area contributed by atoms with Gasteiger partial charge in [-0.2, -0.15) is 0 Å². The minimum atomic E-state index is -0.116. The molecule has 10 aromatic carbocycles. The molecular formula is C66H45N5. The molecule has 1 aliphatic carbocycles. The summed E-state index contributed by atoms with van der Waals surface area (Å²) in [5, 5.41) is 4.82. The minimum absolute atomic E-state index is 0.116. The van der Waals surface area contributed by atoms with E-state index in [1.807, 2.05) is 6.07 Å². The van der Waals surface area contributed by atoms with Crippen molar-refractivity contribution < 1.29 is 0 Å². The molecule has 14 rings (SSSR count). The van der Waals surface area contributed by atoms with E-state index in [9.17, 15) is 0 Å². The van der Waals surface area contributed by atoms with Crippen molar-refractivity contribution in [2.75, 3.05) is 0 Å². The molecule has 0 N–H and O–H groups in total. The van der Waals surface area contributed by atoms with Gasteiger partial charge in [-0.25, -0.2) is 15.0 Å². The number of fused-ring (bicyclic) bond motifs is 9. The van der Waals surface area contributed by atoms with E-state index in [4.69, 9.17) is 15.0 Å². The Bertz CT molecular complexity index is 4240. The Morgan fingerprint density at radius 2 is 0.775 bits per heavy atom. The summed E-state index contributed by atoms with van der Waals surface area (Å²) in [7, 11) is 0. The lowest BCUT2D eigenvalue weighted by Crippen LogP contribution is -2.14. The first kappa shape index (κ1) is 40.8. The molecule has 5 heteroatoms. The maximum Gasteiger partial charge on any atom is 0.166 e. The summed E-state index contributed by atoms with van der Waals surface area (Å²) in [6.45, 7) is 4.63. The number of aromatic nitrogens is 5. The van der Waals surface area contributed by atoms with Gasteiger partial charge >= 0.3 is 0 Å². The average Bonchev–Trinajstić information content (AvgIpc) is 4.04. The lowest BCUT2D eigenvalue weighted by Gasteiger charge is -2.21. The Balaban J connectivity index is 0.980. The molecule has 0 radical (unpaired) electrons. The van der Waals surface area contributed by atoms with Crippen molar-refractivity contribution in [2.45, 2.75) is 19.3 Å². The van der Waals surface area contributed by atoms with E-state index in [-0.39, 0.29) is 5.41 Å². The molecule has 0 amide bonds. The molecule has 3 aromatic heterocycles. The molecular weight excluding hydrogens is 863 g/mol. The van der Waals surface area contributed by atoms with Crippen LogP contribution < -0.4 is 0 Å². The van der Waals surface area contributed by atoms with Crippen molar-refractivity contribution in [3.63, 3.8) is 0 Å². The third kappa shape index (κ3) is 6.36. The number of hydrogen-bond donors (Lipinski definition) is 0. The second-order valence-electron chi connectivity index (χ2n) is 19.1. The van der Waals surface area contributed by atoms with Gasteiger partial charge in [-0.05, 0) is 99.1 Å². The van der Waals surface area contributed by atoms with E-state index in [1.165, 1.54) is 66.0 Å². The summed E-state index contributed by atoms with van der Waals surface area (Å²) in [6.07, 6.45) is 0. The maximum absolute atomic E-state index is 5.43. The summed E-state index contributed by atoms with van der Waals surface area (Å²) >= 11 is 0. The summed E-state index contributed by atoms with van der Waals surface area (Å²) in [4.78, 5) is 16.1. The number of rotatable bonds is 7. The maximum atomic E-state index is 5.43. The van der Waals surface area contributed by atoms with E-state index >= 15 is 0 Å². The van der Waals surface area contributed by atoms with Crippen LogP contribution in [-0.4, -0.2) is 24.1 Å². The van der Waals surface area contributed by atoms with Crippen LogP contribution in [0.5, 0.6) is 0 Å². The van der Waals surface area contributed by atoms with Crippen LogP contribution in [0.1, 0.15) is 25.0 Å². The van der Waals surface area contributed by atoms with Crippen LogP contribution in [-0.2, 0) is 5.41 Å². The fourth-order valence-electron chi connectivity index (χ4n) is 11.5. The van der Waals surface area contributed by atoms with Crippen LogP contribution in [0.2, 0.25) is 0 Å². The number of para-hydroxylation sites is 4. The highest BCUT2D eigenvalue weighted by Crippen LogP contribution is 2.50. The van der Waals surface area contributed by atoms with E-state index in [0.29, 0.717) is 17.5 Å². The van der Waals surface area contributed by atoms with Crippen LogP contribution in [0, 0.1) is 0 Å². The molecule has 71 heavy (non-hydrogen) atoms. The van der Waals surface area contributed by atoms with Crippen molar-refractivity contribution in [1.82, 2.24) is 24.1 Å². The SMILES string of the molecule is CC1(C)c2ccccc2-c2cc(-c3nc(-c4ccc(-c5ccccc5)cc4)nc(-c4ccccc4-n4c5ccccc5c5c(-c6cccc7c6c6ccccc6n7-c6ccccc6)cccc54)n3)ccc21. The first-order valence-corrected chi connectivity index (χ1v) is 24.4. The Hall–Kier alpha value is -9.19. The highest BCUT2D eigenvalue weighted by atomic mass is 15.1. The van der Waals surface area contributed by atoms with Gasteiger partial charge in [0.15, 0.2) is 17.5 Å². The van der Waals surface area contributed by atoms with Crippen LogP contribution in [0.15, 0.2) is 237 Å². The number of hydrogen-bond acceptors (Lipinski definition) is 3. The van der Waals surface area contributed by atoms with Crippen LogP contribution in [0.25, 0.3) is 123 Å². The highest BCUT2D eigenvalue weighted by molar-refractivity contribution is 6.22. The van der Waals surface area contributed by atoms with Crippen molar-refractivity contribution in [3.8, 4) is 78.9 Å². The molecule has 334 valence electrons. The average molecular weight is 908 g/mol. The summed E-state index contributed by atoms with van der Waals surface area (Å²) in [5.74, 6) is 1.85. The van der Waals surface area contributed by atoms with Gasteiger partial charge < -0.3 is 9.13 Å².